The lowest BCUT2D eigenvalue weighted by atomic mass is 10.2. The van der Waals surface area contributed by atoms with Gasteiger partial charge in [0.1, 0.15) is 5.82 Å². The van der Waals surface area contributed by atoms with E-state index in [2.05, 4.69) is 44.6 Å². The van der Waals surface area contributed by atoms with Gasteiger partial charge >= 0.3 is 5.69 Å². The van der Waals surface area contributed by atoms with Crippen LogP contribution in [0.3, 0.4) is 0 Å². The summed E-state index contributed by atoms with van der Waals surface area (Å²) >= 11 is 0. The minimum absolute atomic E-state index is 0.0675. The number of nitrogens with zero attached hydrogens (tertiary/aromatic N) is 4. The van der Waals surface area contributed by atoms with Gasteiger partial charge in [-0.3, -0.25) is 10.1 Å². The molecular weight excluding hydrogens is 380 g/mol. The highest BCUT2D eigenvalue weighted by Crippen LogP contribution is 2.33. The summed E-state index contributed by atoms with van der Waals surface area (Å²) < 4.78 is 0. The second kappa shape index (κ2) is 8.87. The number of nitrogens with one attached hydrogen (secondary N) is 2. The van der Waals surface area contributed by atoms with Crippen molar-refractivity contribution in [3.05, 3.63) is 46.0 Å². The van der Waals surface area contributed by atoms with Gasteiger partial charge in [-0.2, -0.15) is 0 Å². The minimum Gasteiger partial charge on any atom is -0.369 e. The summed E-state index contributed by atoms with van der Waals surface area (Å²) in [6.07, 6.45) is 4.37. The molecule has 1 aliphatic carbocycles. The number of hydrogen-bond acceptors (Lipinski definition) is 7. The zero-order chi connectivity index (χ0) is 21.1. The third kappa shape index (κ3) is 4.64. The molecular formula is C22H30N6O2. The third-order valence-corrected chi connectivity index (χ3v) is 6.07. The zero-order valence-electron chi connectivity index (χ0n) is 17.7. The minimum atomic E-state index is -0.339. The second-order valence-corrected chi connectivity index (χ2v) is 8.37. The summed E-state index contributed by atoms with van der Waals surface area (Å²) in [5, 5.41) is 18.2. The van der Waals surface area contributed by atoms with E-state index in [1.54, 1.807) is 13.0 Å². The van der Waals surface area contributed by atoms with Crippen molar-refractivity contribution in [1.82, 2.24) is 9.88 Å². The molecule has 1 aromatic heterocycles. The van der Waals surface area contributed by atoms with Crippen LogP contribution in [-0.2, 0) is 0 Å². The van der Waals surface area contributed by atoms with Gasteiger partial charge in [-0.05, 0) is 57.1 Å². The lowest BCUT2D eigenvalue weighted by Gasteiger charge is -2.34. The number of likely N-dealkylation sites (N-methyl/N-ethyl adjacent to an activating group) is 1. The Labute approximate surface area is 177 Å². The molecule has 2 N–H and O–H groups in total. The van der Waals surface area contributed by atoms with E-state index in [1.165, 1.54) is 5.69 Å². The number of aryl methyl sites for hydroxylation is 1. The van der Waals surface area contributed by atoms with Crippen LogP contribution in [0, 0.1) is 17.0 Å². The monoisotopic (exact) mass is 410 g/mol. The molecule has 1 saturated carbocycles. The maximum atomic E-state index is 11.6. The predicted octanol–water partition coefficient (Wildman–Crippen LogP) is 4.15. The first-order chi connectivity index (χ1) is 14.5. The quantitative estimate of drug-likeness (QED) is 0.546. The van der Waals surface area contributed by atoms with Crippen molar-refractivity contribution in [2.75, 3.05) is 48.8 Å². The van der Waals surface area contributed by atoms with E-state index in [1.807, 2.05) is 12.1 Å². The number of rotatable bonds is 6. The first kappa shape index (κ1) is 20.4. The van der Waals surface area contributed by atoms with E-state index in [9.17, 15) is 10.1 Å². The molecule has 0 bridgehead atoms. The van der Waals surface area contributed by atoms with Crippen molar-refractivity contribution in [2.24, 2.45) is 0 Å². The van der Waals surface area contributed by atoms with Crippen molar-refractivity contribution < 1.29 is 4.92 Å². The normalized spacial score (nSPS) is 17.9. The molecule has 0 radical (unpaired) electrons. The fraction of sp³-hybridized carbons (Fsp3) is 0.500. The van der Waals surface area contributed by atoms with Crippen molar-refractivity contribution >= 4 is 28.7 Å². The summed E-state index contributed by atoms with van der Waals surface area (Å²) in [6, 6.07) is 10.3. The fourth-order valence-corrected chi connectivity index (χ4v) is 4.29. The van der Waals surface area contributed by atoms with Gasteiger partial charge in [0.25, 0.3) is 0 Å². The smallest absolute Gasteiger partial charge is 0.314 e. The average molecular weight is 411 g/mol. The van der Waals surface area contributed by atoms with E-state index >= 15 is 0 Å². The van der Waals surface area contributed by atoms with Gasteiger partial charge in [0, 0.05) is 49.2 Å². The van der Waals surface area contributed by atoms with Gasteiger partial charge in [-0.1, -0.05) is 12.8 Å². The Hall–Kier alpha value is -2.87. The Bertz CT molecular complexity index is 887. The maximum absolute atomic E-state index is 11.6. The molecule has 2 aromatic rings. The van der Waals surface area contributed by atoms with E-state index in [-0.39, 0.29) is 16.7 Å². The van der Waals surface area contributed by atoms with Gasteiger partial charge in [-0.25, -0.2) is 4.98 Å². The number of benzene rings is 1. The zero-order valence-corrected chi connectivity index (χ0v) is 17.7. The molecule has 0 spiro atoms. The topological polar surface area (TPSA) is 86.6 Å². The molecule has 2 heterocycles. The van der Waals surface area contributed by atoms with E-state index < -0.39 is 0 Å². The summed E-state index contributed by atoms with van der Waals surface area (Å²) in [5.74, 6) is 0.981. The number of piperazine rings is 1. The number of hydrogen-bond donors (Lipinski definition) is 2. The molecule has 1 saturated heterocycles. The summed E-state index contributed by atoms with van der Waals surface area (Å²) in [5.41, 5.74) is 2.80. The molecule has 0 amide bonds. The third-order valence-electron chi connectivity index (χ3n) is 6.07. The van der Waals surface area contributed by atoms with Crippen LogP contribution in [0.15, 0.2) is 30.3 Å². The fourth-order valence-electron chi connectivity index (χ4n) is 4.29. The van der Waals surface area contributed by atoms with Gasteiger partial charge in [0.2, 0.25) is 5.82 Å². The van der Waals surface area contributed by atoms with Gasteiger partial charge in [0.15, 0.2) is 0 Å². The number of pyridine rings is 1. The Morgan fingerprint density at radius 1 is 1.10 bits per heavy atom. The first-order valence-corrected chi connectivity index (χ1v) is 10.7. The number of anilines is 4. The van der Waals surface area contributed by atoms with Crippen LogP contribution in [0.4, 0.5) is 28.7 Å². The van der Waals surface area contributed by atoms with Crippen molar-refractivity contribution in [3.8, 4) is 0 Å². The molecule has 2 aliphatic rings. The molecule has 8 heteroatoms. The molecule has 4 rings (SSSR count). The largest absolute Gasteiger partial charge is 0.369 e. The number of nitro groups is 1. The van der Waals surface area contributed by atoms with Crippen LogP contribution in [0.2, 0.25) is 0 Å². The van der Waals surface area contributed by atoms with Crippen LogP contribution >= 0.6 is 0 Å². The SMILES string of the molecule is Cc1cc(Nc2ccc(N3CCN(C)CC3)cc2)nc(NC2CCCC2)c1[N+](=O)[O-]. The molecule has 0 atom stereocenters. The van der Waals surface area contributed by atoms with Gasteiger partial charge in [0.05, 0.1) is 4.92 Å². The average Bonchev–Trinajstić information content (AvgIpc) is 3.22. The highest BCUT2D eigenvalue weighted by atomic mass is 16.6. The van der Waals surface area contributed by atoms with Crippen molar-refractivity contribution in [2.45, 2.75) is 38.6 Å². The van der Waals surface area contributed by atoms with E-state index in [4.69, 9.17) is 0 Å². The highest BCUT2D eigenvalue weighted by Gasteiger charge is 2.24. The van der Waals surface area contributed by atoms with Crippen LogP contribution in [0.1, 0.15) is 31.2 Å². The van der Waals surface area contributed by atoms with Crippen LogP contribution in [0.5, 0.6) is 0 Å². The Morgan fingerprint density at radius 2 is 1.77 bits per heavy atom. The second-order valence-electron chi connectivity index (χ2n) is 8.37. The Kier molecular flexibility index (Phi) is 6.03. The highest BCUT2D eigenvalue weighted by molar-refractivity contribution is 5.68. The summed E-state index contributed by atoms with van der Waals surface area (Å²) in [4.78, 5) is 20.5. The van der Waals surface area contributed by atoms with Gasteiger partial charge < -0.3 is 20.4 Å². The summed E-state index contributed by atoms with van der Waals surface area (Å²) in [7, 11) is 2.15. The standard InChI is InChI=1S/C22H30N6O2/c1-16-15-20(25-22(21(16)28(29)30)24-17-5-3-4-6-17)23-18-7-9-19(10-8-18)27-13-11-26(2)12-14-27/h7-10,15,17H,3-6,11-14H2,1-2H3,(H2,23,24,25). The summed E-state index contributed by atoms with van der Waals surface area (Å²) in [6.45, 7) is 5.97. The van der Waals surface area contributed by atoms with Gasteiger partial charge in [-0.15, -0.1) is 0 Å². The molecule has 2 fully saturated rings. The first-order valence-electron chi connectivity index (χ1n) is 10.7. The van der Waals surface area contributed by atoms with Crippen LogP contribution in [0.25, 0.3) is 0 Å². The van der Waals surface area contributed by atoms with Crippen molar-refractivity contribution in [3.63, 3.8) is 0 Å². The van der Waals surface area contributed by atoms with Crippen LogP contribution in [-0.4, -0.2) is 54.1 Å². The molecule has 30 heavy (non-hydrogen) atoms. The van der Waals surface area contributed by atoms with E-state index in [0.717, 1.165) is 57.5 Å². The molecule has 1 aromatic carbocycles. The Morgan fingerprint density at radius 3 is 2.40 bits per heavy atom. The Balaban J connectivity index is 1.50. The molecule has 160 valence electrons. The van der Waals surface area contributed by atoms with Crippen LogP contribution < -0.4 is 15.5 Å². The lowest BCUT2D eigenvalue weighted by Crippen LogP contribution is -2.44. The predicted molar refractivity (Wildman–Crippen MR) is 121 cm³/mol. The molecule has 0 unspecified atom stereocenters. The molecule has 1 aliphatic heterocycles. The van der Waals surface area contributed by atoms with E-state index in [0.29, 0.717) is 17.2 Å². The molecule has 8 nitrogen and oxygen atoms in total. The number of aromatic nitrogens is 1. The lowest BCUT2D eigenvalue weighted by molar-refractivity contribution is -0.384. The van der Waals surface area contributed by atoms with Crippen molar-refractivity contribution in [1.29, 1.82) is 0 Å². The maximum Gasteiger partial charge on any atom is 0.314 e.